The highest BCUT2D eigenvalue weighted by molar-refractivity contribution is 5.93. The smallest absolute Gasteiger partial charge is 0.276 e. The van der Waals surface area contributed by atoms with Crippen molar-refractivity contribution in [1.82, 2.24) is 25.2 Å². The first-order valence-corrected chi connectivity index (χ1v) is 8.15. The van der Waals surface area contributed by atoms with Crippen molar-refractivity contribution in [3.63, 3.8) is 0 Å². The third-order valence-electron chi connectivity index (χ3n) is 4.89. The summed E-state index contributed by atoms with van der Waals surface area (Å²) in [5.74, 6) is 0.0667. The van der Waals surface area contributed by atoms with Gasteiger partial charge >= 0.3 is 0 Å². The number of nitrogens with zero attached hydrogens (tertiary/aromatic N) is 4. The van der Waals surface area contributed by atoms with Gasteiger partial charge in [0.25, 0.3) is 5.91 Å². The lowest BCUT2D eigenvalue weighted by Crippen LogP contribution is -2.36. The van der Waals surface area contributed by atoms with Gasteiger partial charge in [-0.2, -0.15) is 0 Å². The van der Waals surface area contributed by atoms with E-state index < -0.39 is 0 Å². The Morgan fingerprint density at radius 1 is 1.32 bits per heavy atom. The van der Waals surface area contributed by atoms with Crippen LogP contribution < -0.4 is 5.32 Å². The van der Waals surface area contributed by atoms with E-state index in [0.717, 1.165) is 57.4 Å². The molecule has 3 heterocycles. The standard InChI is InChI=1S/C15H25N5O.ClH/c1-3-12-5-4-10-19(12)15(21)14-11(2)20(18-17-14)13-6-8-16-9-7-13;/h12-13,16H,3-10H2,1-2H3;1H. The first-order chi connectivity index (χ1) is 10.2. The Bertz CT molecular complexity index is 512. The maximum absolute atomic E-state index is 12.7. The Hall–Kier alpha value is -1.14. The van der Waals surface area contributed by atoms with E-state index >= 15 is 0 Å². The lowest BCUT2D eigenvalue weighted by molar-refractivity contribution is 0.0726. The van der Waals surface area contributed by atoms with Crippen LogP contribution in [0.1, 0.15) is 61.3 Å². The number of halogens is 1. The van der Waals surface area contributed by atoms with Crippen molar-refractivity contribution in [3.05, 3.63) is 11.4 Å². The summed E-state index contributed by atoms with van der Waals surface area (Å²) < 4.78 is 1.96. The Kier molecular flexibility index (Phi) is 5.81. The van der Waals surface area contributed by atoms with Gasteiger partial charge in [0.2, 0.25) is 0 Å². The lowest BCUT2D eigenvalue weighted by atomic mass is 10.1. The van der Waals surface area contributed by atoms with Crippen LogP contribution in [0.4, 0.5) is 0 Å². The van der Waals surface area contributed by atoms with Gasteiger partial charge in [-0.15, -0.1) is 17.5 Å². The van der Waals surface area contributed by atoms with E-state index in [1.54, 1.807) is 0 Å². The number of carbonyl (C=O) groups is 1. The summed E-state index contributed by atoms with van der Waals surface area (Å²) in [6.45, 7) is 7.01. The molecule has 2 fully saturated rings. The quantitative estimate of drug-likeness (QED) is 0.921. The van der Waals surface area contributed by atoms with E-state index in [1.165, 1.54) is 0 Å². The van der Waals surface area contributed by atoms with Gasteiger partial charge in [0.1, 0.15) is 0 Å². The van der Waals surface area contributed by atoms with Gasteiger partial charge in [-0.3, -0.25) is 4.79 Å². The summed E-state index contributed by atoms with van der Waals surface area (Å²) in [7, 11) is 0. The Balaban J connectivity index is 0.00000176. The highest BCUT2D eigenvalue weighted by Crippen LogP contribution is 2.24. The molecule has 22 heavy (non-hydrogen) atoms. The van der Waals surface area contributed by atoms with Gasteiger partial charge in [-0.25, -0.2) is 4.68 Å². The molecule has 1 aromatic rings. The topological polar surface area (TPSA) is 63.1 Å². The van der Waals surface area contributed by atoms with Crippen LogP contribution in [0.2, 0.25) is 0 Å². The normalized spacial score (nSPS) is 22.6. The molecule has 124 valence electrons. The number of piperidine rings is 1. The molecule has 3 rings (SSSR count). The number of nitrogens with one attached hydrogen (secondary N) is 1. The molecule has 7 heteroatoms. The van der Waals surface area contributed by atoms with Gasteiger partial charge in [-0.1, -0.05) is 12.1 Å². The summed E-state index contributed by atoms with van der Waals surface area (Å²) in [4.78, 5) is 14.7. The molecule has 0 saturated carbocycles. The van der Waals surface area contributed by atoms with E-state index in [-0.39, 0.29) is 18.3 Å². The molecule has 2 aliphatic heterocycles. The molecule has 0 aromatic carbocycles. The molecule has 2 aliphatic rings. The van der Waals surface area contributed by atoms with Crippen LogP contribution in [0.5, 0.6) is 0 Å². The minimum Gasteiger partial charge on any atom is -0.334 e. The van der Waals surface area contributed by atoms with Crippen LogP contribution in [0.15, 0.2) is 0 Å². The van der Waals surface area contributed by atoms with Crippen molar-refractivity contribution >= 4 is 18.3 Å². The molecule has 1 N–H and O–H groups in total. The molecular weight excluding hydrogens is 302 g/mol. The van der Waals surface area contributed by atoms with Crippen molar-refractivity contribution in [2.24, 2.45) is 0 Å². The second-order valence-corrected chi connectivity index (χ2v) is 6.15. The largest absolute Gasteiger partial charge is 0.334 e. The van der Waals surface area contributed by atoms with E-state index in [0.29, 0.717) is 17.8 Å². The SMILES string of the molecule is CCC1CCCN1C(=O)c1nnn(C2CCNCC2)c1C.Cl. The molecule has 0 aliphatic carbocycles. The molecule has 1 aromatic heterocycles. The Morgan fingerprint density at radius 3 is 2.73 bits per heavy atom. The Labute approximate surface area is 138 Å². The van der Waals surface area contributed by atoms with E-state index in [1.807, 2.05) is 16.5 Å². The maximum Gasteiger partial charge on any atom is 0.276 e. The van der Waals surface area contributed by atoms with Gasteiger partial charge < -0.3 is 10.2 Å². The third-order valence-corrected chi connectivity index (χ3v) is 4.89. The average Bonchev–Trinajstić information content (AvgIpc) is 3.13. The molecule has 1 amide bonds. The number of likely N-dealkylation sites (tertiary alicyclic amines) is 1. The fourth-order valence-corrected chi connectivity index (χ4v) is 3.60. The van der Waals surface area contributed by atoms with Crippen LogP contribution in [0, 0.1) is 6.92 Å². The molecule has 1 unspecified atom stereocenters. The van der Waals surface area contributed by atoms with Gasteiger partial charge in [-0.05, 0) is 52.1 Å². The molecular formula is C15H26ClN5O. The highest BCUT2D eigenvalue weighted by Gasteiger charge is 2.31. The third kappa shape index (κ3) is 3.13. The van der Waals surface area contributed by atoms with Crippen LogP contribution in [0.25, 0.3) is 0 Å². The second kappa shape index (κ2) is 7.42. The number of hydrogen-bond acceptors (Lipinski definition) is 4. The zero-order chi connectivity index (χ0) is 14.8. The van der Waals surface area contributed by atoms with Gasteiger partial charge in [0, 0.05) is 12.6 Å². The number of carbonyl (C=O) groups excluding carboxylic acids is 1. The monoisotopic (exact) mass is 327 g/mol. The molecule has 0 bridgehead atoms. The molecule has 0 radical (unpaired) electrons. The lowest BCUT2D eigenvalue weighted by Gasteiger charge is -2.24. The maximum atomic E-state index is 12.7. The zero-order valence-electron chi connectivity index (χ0n) is 13.4. The molecule has 6 nitrogen and oxygen atoms in total. The van der Waals surface area contributed by atoms with Gasteiger partial charge in [0.05, 0.1) is 11.7 Å². The van der Waals surface area contributed by atoms with Crippen molar-refractivity contribution in [2.45, 2.75) is 58.0 Å². The van der Waals surface area contributed by atoms with Gasteiger partial charge in [0.15, 0.2) is 5.69 Å². The van der Waals surface area contributed by atoms with Crippen molar-refractivity contribution in [2.75, 3.05) is 19.6 Å². The number of aromatic nitrogens is 3. The van der Waals surface area contributed by atoms with Crippen LogP contribution >= 0.6 is 12.4 Å². The summed E-state index contributed by atoms with van der Waals surface area (Å²) in [6, 6.07) is 0.752. The van der Waals surface area contributed by atoms with E-state index in [4.69, 9.17) is 0 Å². The summed E-state index contributed by atoms with van der Waals surface area (Å²) in [5, 5.41) is 11.8. The molecule has 1 atom stereocenters. The molecule has 2 saturated heterocycles. The summed E-state index contributed by atoms with van der Waals surface area (Å²) in [5.41, 5.74) is 1.47. The fourth-order valence-electron chi connectivity index (χ4n) is 3.60. The van der Waals surface area contributed by atoms with Crippen LogP contribution in [0.3, 0.4) is 0 Å². The molecule has 0 spiro atoms. The van der Waals surface area contributed by atoms with Crippen LogP contribution in [-0.4, -0.2) is 51.5 Å². The predicted molar refractivity (Wildman–Crippen MR) is 87.5 cm³/mol. The minimum absolute atomic E-state index is 0. The minimum atomic E-state index is 0. The fraction of sp³-hybridized carbons (Fsp3) is 0.800. The number of amides is 1. The number of rotatable bonds is 3. The first kappa shape index (κ1) is 17.2. The highest BCUT2D eigenvalue weighted by atomic mass is 35.5. The first-order valence-electron chi connectivity index (χ1n) is 8.15. The van der Waals surface area contributed by atoms with E-state index in [9.17, 15) is 4.79 Å². The zero-order valence-corrected chi connectivity index (χ0v) is 14.2. The predicted octanol–water partition coefficient (Wildman–Crippen LogP) is 1.95. The van der Waals surface area contributed by atoms with Crippen LogP contribution in [-0.2, 0) is 0 Å². The average molecular weight is 328 g/mol. The van der Waals surface area contributed by atoms with Crippen molar-refractivity contribution < 1.29 is 4.79 Å². The summed E-state index contributed by atoms with van der Waals surface area (Å²) in [6.07, 6.45) is 5.35. The Morgan fingerprint density at radius 2 is 2.05 bits per heavy atom. The number of hydrogen-bond donors (Lipinski definition) is 1. The van der Waals surface area contributed by atoms with Crippen molar-refractivity contribution in [1.29, 1.82) is 0 Å². The summed E-state index contributed by atoms with van der Waals surface area (Å²) >= 11 is 0. The second-order valence-electron chi connectivity index (χ2n) is 6.15. The van der Waals surface area contributed by atoms with E-state index in [2.05, 4.69) is 22.6 Å². The van der Waals surface area contributed by atoms with Crippen molar-refractivity contribution in [3.8, 4) is 0 Å².